The number of ether oxygens (including phenoxy) is 2. The van der Waals surface area contributed by atoms with Crippen molar-refractivity contribution in [2.24, 2.45) is 0 Å². The maximum Gasteiger partial charge on any atom is 0.349 e. The molecule has 0 aliphatic heterocycles. The van der Waals surface area contributed by atoms with Crippen molar-refractivity contribution in [3.63, 3.8) is 0 Å². The Kier molecular flexibility index (Phi) is 6.88. The summed E-state index contributed by atoms with van der Waals surface area (Å²) in [6.07, 6.45) is 0. The van der Waals surface area contributed by atoms with Crippen molar-refractivity contribution in [2.75, 3.05) is 6.61 Å². The van der Waals surface area contributed by atoms with Crippen LogP contribution in [0.5, 0.6) is 17.2 Å². The number of carbonyl (C=O) groups excluding carboxylic acids is 1. The molecule has 10 heteroatoms. The summed E-state index contributed by atoms with van der Waals surface area (Å²) in [5, 5.41) is 9.32. The fraction of sp³-hybridized carbons (Fsp3) is 0.278. The molecule has 0 amide bonds. The summed E-state index contributed by atoms with van der Waals surface area (Å²) in [7, 11) is -4.43. The fourth-order valence-electron chi connectivity index (χ4n) is 2.43. The lowest BCUT2D eigenvalue weighted by Gasteiger charge is -2.15. The molecule has 0 spiro atoms. The van der Waals surface area contributed by atoms with Crippen LogP contribution in [0.15, 0.2) is 29.2 Å². The summed E-state index contributed by atoms with van der Waals surface area (Å²) in [6.45, 7) is 4.37. The van der Waals surface area contributed by atoms with E-state index in [0.717, 1.165) is 6.07 Å². The van der Waals surface area contributed by atoms with Crippen LogP contribution in [0.25, 0.3) is 0 Å². The average molecular weight is 524 g/mol. The summed E-state index contributed by atoms with van der Waals surface area (Å²) in [4.78, 5) is 11.8. The predicted molar refractivity (Wildman–Crippen MR) is 107 cm³/mol. The Labute approximate surface area is 175 Å². The minimum Gasteiger partial charge on any atom is -0.508 e. The molecule has 0 unspecified atom stereocenters. The Morgan fingerprint density at radius 2 is 1.89 bits per heavy atom. The van der Waals surface area contributed by atoms with Gasteiger partial charge >= 0.3 is 5.97 Å². The molecule has 2 rings (SSSR count). The molecule has 0 saturated carbocycles. The van der Waals surface area contributed by atoms with E-state index in [0.29, 0.717) is 5.56 Å². The van der Waals surface area contributed by atoms with Gasteiger partial charge in [-0.15, -0.1) is 0 Å². The molecule has 0 atom stereocenters. The first-order valence-electron chi connectivity index (χ1n) is 8.03. The van der Waals surface area contributed by atoms with Gasteiger partial charge < -0.3 is 14.6 Å². The van der Waals surface area contributed by atoms with Crippen LogP contribution in [0, 0.1) is 16.3 Å². The lowest BCUT2D eigenvalue weighted by atomic mass is 10.0. The van der Waals surface area contributed by atoms with Gasteiger partial charge in [0.05, 0.1) is 8.47 Å². The highest BCUT2D eigenvalue weighted by atomic mass is 127. The molecule has 2 aromatic rings. The van der Waals surface area contributed by atoms with Crippen LogP contribution in [0.4, 0.5) is 4.39 Å². The molecular formula is C18H18FIO7S. The first-order valence-corrected chi connectivity index (χ1v) is 10.6. The van der Waals surface area contributed by atoms with E-state index in [4.69, 9.17) is 9.47 Å². The SMILES string of the molecule is Cc1cc(S(=O)(=O)O)c(C(C)C)cc1OC(=O)COc1c(F)cc(O)cc1I. The highest BCUT2D eigenvalue weighted by molar-refractivity contribution is 14.1. The first kappa shape index (κ1) is 22.4. The van der Waals surface area contributed by atoms with E-state index in [1.165, 1.54) is 25.1 Å². The van der Waals surface area contributed by atoms with E-state index < -0.39 is 28.5 Å². The van der Waals surface area contributed by atoms with Crippen LogP contribution in [-0.4, -0.2) is 30.7 Å². The van der Waals surface area contributed by atoms with Crippen LogP contribution in [0.1, 0.15) is 30.9 Å². The molecule has 0 aromatic heterocycles. The number of esters is 1. The molecular weight excluding hydrogens is 506 g/mol. The third-order valence-electron chi connectivity index (χ3n) is 3.75. The highest BCUT2D eigenvalue weighted by Gasteiger charge is 2.21. The standard InChI is InChI=1S/C18H18FIO7S/c1-9(2)12-7-15(10(3)4-16(12)28(23,24)25)27-17(22)8-26-18-13(19)5-11(21)6-14(18)20/h4-7,9,21H,8H2,1-3H3,(H,23,24,25). The summed E-state index contributed by atoms with van der Waals surface area (Å²) >= 11 is 1.75. The number of rotatable bonds is 6. The van der Waals surface area contributed by atoms with Gasteiger partial charge in [0.15, 0.2) is 18.2 Å². The highest BCUT2D eigenvalue weighted by Crippen LogP contribution is 2.32. The van der Waals surface area contributed by atoms with Crippen molar-refractivity contribution in [2.45, 2.75) is 31.6 Å². The molecule has 0 radical (unpaired) electrons. The molecule has 0 heterocycles. The number of carbonyl (C=O) groups is 1. The Morgan fingerprint density at radius 1 is 1.25 bits per heavy atom. The molecule has 0 bridgehead atoms. The van der Waals surface area contributed by atoms with Crippen LogP contribution < -0.4 is 9.47 Å². The van der Waals surface area contributed by atoms with Gasteiger partial charge in [-0.25, -0.2) is 9.18 Å². The number of benzene rings is 2. The van der Waals surface area contributed by atoms with Gasteiger partial charge in [0.2, 0.25) is 0 Å². The quantitative estimate of drug-likeness (QED) is 0.256. The predicted octanol–water partition coefficient (Wildman–Crippen LogP) is 3.80. The normalized spacial score (nSPS) is 11.5. The smallest absolute Gasteiger partial charge is 0.349 e. The average Bonchev–Trinajstić information content (AvgIpc) is 2.54. The largest absolute Gasteiger partial charge is 0.508 e. The molecule has 152 valence electrons. The zero-order chi connectivity index (χ0) is 21.2. The lowest BCUT2D eigenvalue weighted by Crippen LogP contribution is -2.19. The van der Waals surface area contributed by atoms with Crippen molar-refractivity contribution in [1.82, 2.24) is 0 Å². The second-order valence-electron chi connectivity index (χ2n) is 6.29. The summed E-state index contributed by atoms with van der Waals surface area (Å²) in [5.74, 6) is -2.29. The number of aromatic hydroxyl groups is 1. The van der Waals surface area contributed by atoms with Crippen LogP contribution in [0.3, 0.4) is 0 Å². The Balaban J connectivity index is 2.22. The number of halogens is 2. The Morgan fingerprint density at radius 3 is 2.43 bits per heavy atom. The van der Waals surface area contributed by atoms with Crippen molar-refractivity contribution in [1.29, 1.82) is 0 Å². The first-order chi connectivity index (χ1) is 12.9. The van der Waals surface area contributed by atoms with Gasteiger partial charge in [-0.05, 0) is 64.8 Å². The summed E-state index contributed by atoms with van der Waals surface area (Å²) < 4.78 is 57.0. The molecule has 0 aliphatic carbocycles. The molecule has 2 aromatic carbocycles. The minimum atomic E-state index is -4.43. The van der Waals surface area contributed by atoms with Gasteiger partial charge in [-0.2, -0.15) is 8.42 Å². The molecule has 2 N–H and O–H groups in total. The van der Waals surface area contributed by atoms with Gasteiger partial charge in [-0.1, -0.05) is 13.8 Å². The second-order valence-corrected chi connectivity index (χ2v) is 8.84. The number of hydrogen-bond acceptors (Lipinski definition) is 6. The molecule has 0 fully saturated rings. The lowest BCUT2D eigenvalue weighted by molar-refractivity contribution is -0.136. The number of phenols is 1. The summed E-state index contributed by atoms with van der Waals surface area (Å²) in [5.41, 5.74) is 0.603. The Hall–Kier alpha value is -1.92. The van der Waals surface area contributed by atoms with Crippen LogP contribution in [0.2, 0.25) is 0 Å². The molecule has 28 heavy (non-hydrogen) atoms. The third kappa shape index (κ3) is 5.32. The van der Waals surface area contributed by atoms with Crippen molar-refractivity contribution in [3.05, 3.63) is 44.8 Å². The summed E-state index contributed by atoms with van der Waals surface area (Å²) in [6, 6.07) is 4.72. The van der Waals surface area contributed by atoms with Gasteiger partial charge in [-0.3, -0.25) is 4.55 Å². The van der Waals surface area contributed by atoms with E-state index in [2.05, 4.69) is 0 Å². The fourth-order valence-corrected chi connectivity index (χ4v) is 4.08. The van der Waals surface area contributed by atoms with E-state index in [9.17, 15) is 27.3 Å². The maximum atomic E-state index is 13.8. The maximum absolute atomic E-state index is 13.8. The van der Waals surface area contributed by atoms with E-state index >= 15 is 0 Å². The monoisotopic (exact) mass is 524 g/mol. The zero-order valence-corrected chi connectivity index (χ0v) is 18.2. The van der Waals surface area contributed by atoms with Crippen molar-refractivity contribution in [3.8, 4) is 17.2 Å². The van der Waals surface area contributed by atoms with E-state index in [-0.39, 0.29) is 37.2 Å². The van der Waals surface area contributed by atoms with Crippen LogP contribution >= 0.6 is 22.6 Å². The van der Waals surface area contributed by atoms with E-state index in [1.54, 1.807) is 36.4 Å². The number of aryl methyl sites for hydroxylation is 1. The van der Waals surface area contributed by atoms with Crippen molar-refractivity contribution < 1.29 is 36.7 Å². The molecule has 7 nitrogen and oxygen atoms in total. The third-order valence-corrected chi connectivity index (χ3v) is 5.46. The van der Waals surface area contributed by atoms with E-state index in [1.807, 2.05) is 0 Å². The molecule has 0 aliphatic rings. The van der Waals surface area contributed by atoms with Crippen LogP contribution in [-0.2, 0) is 14.9 Å². The second kappa shape index (κ2) is 8.62. The molecule has 0 saturated heterocycles. The zero-order valence-electron chi connectivity index (χ0n) is 15.2. The van der Waals surface area contributed by atoms with Gasteiger partial charge in [0.25, 0.3) is 10.1 Å². The minimum absolute atomic E-state index is 0.102. The Bertz CT molecular complexity index is 996. The number of hydrogen-bond donors (Lipinski definition) is 2. The number of phenolic OH excluding ortho intramolecular Hbond substituents is 1. The topological polar surface area (TPSA) is 110 Å². The van der Waals surface area contributed by atoms with Gasteiger partial charge in [0, 0.05) is 6.07 Å². The van der Waals surface area contributed by atoms with Crippen molar-refractivity contribution >= 4 is 38.7 Å². The van der Waals surface area contributed by atoms with Gasteiger partial charge in [0.1, 0.15) is 11.5 Å².